The Morgan fingerprint density at radius 1 is 1.30 bits per heavy atom. The first kappa shape index (κ1) is 18.1. The maximum Gasteiger partial charge on any atom is 0.243 e. The summed E-state index contributed by atoms with van der Waals surface area (Å²) in [5, 5.41) is 2.97. The van der Waals surface area contributed by atoms with Crippen LogP contribution in [0.4, 0.5) is 0 Å². The van der Waals surface area contributed by atoms with Crippen LogP contribution >= 0.6 is 0 Å². The smallest absolute Gasteiger partial charge is 0.243 e. The Labute approximate surface area is 159 Å². The van der Waals surface area contributed by atoms with Crippen LogP contribution in [0.3, 0.4) is 0 Å². The summed E-state index contributed by atoms with van der Waals surface area (Å²) in [4.78, 5) is 16.8. The molecule has 2 unspecified atom stereocenters. The largest absolute Gasteiger partial charge is 0.352 e. The van der Waals surface area contributed by atoms with Gasteiger partial charge < -0.3 is 5.32 Å². The lowest BCUT2D eigenvalue weighted by atomic mass is 10.0. The van der Waals surface area contributed by atoms with Crippen LogP contribution in [0.25, 0.3) is 0 Å². The summed E-state index contributed by atoms with van der Waals surface area (Å²) in [7, 11) is -3.50. The quantitative estimate of drug-likeness (QED) is 0.855. The number of rotatable bonds is 5. The third-order valence-corrected chi connectivity index (χ3v) is 7.54. The van der Waals surface area contributed by atoms with Crippen LogP contribution in [0.15, 0.2) is 53.7 Å². The lowest BCUT2D eigenvalue weighted by molar-refractivity contribution is -0.123. The molecule has 1 saturated heterocycles. The number of nitrogens with one attached hydrogen (secondary N) is 1. The van der Waals surface area contributed by atoms with Crippen LogP contribution in [0.2, 0.25) is 0 Å². The molecule has 1 saturated carbocycles. The van der Waals surface area contributed by atoms with E-state index in [4.69, 9.17) is 0 Å². The summed E-state index contributed by atoms with van der Waals surface area (Å²) in [6, 6.07) is 10.7. The Morgan fingerprint density at radius 2 is 2.07 bits per heavy atom. The van der Waals surface area contributed by atoms with Crippen LogP contribution in [0, 0.1) is 18.3 Å². The minimum atomic E-state index is -3.50. The van der Waals surface area contributed by atoms with E-state index in [0.717, 1.165) is 24.0 Å². The van der Waals surface area contributed by atoms with E-state index in [1.54, 1.807) is 30.6 Å². The maximum absolute atomic E-state index is 12.9. The number of nitrogens with zero attached hydrogens (tertiary/aromatic N) is 2. The fraction of sp³-hybridized carbons (Fsp3) is 0.400. The van der Waals surface area contributed by atoms with Gasteiger partial charge in [0.2, 0.25) is 15.9 Å². The lowest BCUT2D eigenvalue weighted by Crippen LogP contribution is -2.31. The third kappa shape index (κ3) is 3.49. The van der Waals surface area contributed by atoms with Crippen LogP contribution in [0.5, 0.6) is 0 Å². The highest BCUT2D eigenvalue weighted by atomic mass is 32.2. The fourth-order valence-corrected chi connectivity index (χ4v) is 5.61. The first-order chi connectivity index (χ1) is 12.9. The Bertz CT molecular complexity index is 961. The van der Waals surface area contributed by atoms with Crippen LogP contribution < -0.4 is 5.32 Å². The van der Waals surface area contributed by atoms with Gasteiger partial charge in [0.25, 0.3) is 0 Å². The molecule has 2 atom stereocenters. The number of pyridine rings is 1. The van der Waals surface area contributed by atoms with Gasteiger partial charge in [0, 0.05) is 37.9 Å². The second kappa shape index (κ2) is 6.73. The standard InChI is InChI=1S/C20H23N3O3S/c1-15-3-2-4-17(11-15)27(25,26)23-10-7-20(14-23)12-18(20)19(24)22-13-16-5-8-21-9-6-16/h2-6,8-9,11,18H,7,10,12-14H2,1H3,(H,22,24). The molecule has 1 aromatic carbocycles. The van der Waals surface area contributed by atoms with Crippen molar-refractivity contribution in [2.45, 2.75) is 31.2 Å². The van der Waals surface area contributed by atoms with Gasteiger partial charge in [-0.1, -0.05) is 12.1 Å². The molecule has 2 aromatic rings. The minimum absolute atomic E-state index is 0.0154. The van der Waals surface area contributed by atoms with E-state index in [9.17, 15) is 13.2 Å². The number of aryl methyl sites for hydroxylation is 1. The van der Waals surface area contributed by atoms with Crippen molar-refractivity contribution in [3.8, 4) is 0 Å². The molecule has 1 aliphatic heterocycles. The van der Waals surface area contributed by atoms with E-state index < -0.39 is 10.0 Å². The first-order valence-corrected chi connectivity index (χ1v) is 10.6. The molecule has 7 heteroatoms. The molecule has 1 aliphatic carbocycles. The monoisotopic (exact) mass is 385 g/mol. The van der Waals surface area contributed by atoms with E-state index in [-0.39, 0.29) is 17.2 Å². The molecule has 2 heterocycles. The molecule has 1 amide bonds. The van der Waals surface area contributed by atoms with Crippen LogP contribution in [-0.4, -0.2) is 36.7 Å². The summed E-state index contributed by atoms with van der Waals surface area (Å²) in [6.07, 6.45) is 4.90. The van der Waals surface area contributed by atoms with Gasteiger partial charge in [-0.2, -0.15) is 4.31 Å². The molecule has 0 bridgehead atoms. The topological polar surface area (TPSA) is 79.4 Å². The van der Waals surface area contributed by atoms with Gasteiger partial charge in [0.15, 0.2) is 0 Å². The van der Waals surface area contributed by atoms with Gasteiger partial charge >= 0.3 is 0 Å². The van der Waals surface area contributed by atoms with Crippen molar-refractivity contribution in [2.75, 3.05) is 13.1 Å². The first-order valence-electron chi connectivity index (χ1n) is 9.14. The molecule has 1 aromatic heterocycles. The Morgan fingerprint density at radius 3 is 2.81 bits per heavy atom. The van der Waals surface area contributed by atoms with Gasteiger partial charge in [-0.25, -0.2) is 8.42 Å². The highest BCUT2D eigenvalue weighted by molar-refractivity contribution is 7.89. The lowest BCUT2D eigenvalue weighted by Gasteiger charge is -2.17. The summed E-state index contributed by atoms with van der Waals surface area (Å²) in [5.74, 6) is -0.0846. The van der Waals surface area contributed by atoms with Crippen molar-refractivity contribution < 1.29 is 13.2 Å². The fourth-order valence-electron chi connectivity index (χ4n) is 3.97. The minimum Gasteiger partial charge on any atom is -0.352 e. The van der Waals surface area contributed by atoms with Gasteiger partial charge in [0.1, 0.15) is 0 Å². The third-order valence-electron chi connectivity index (χ3n) is 5.70. The van der Waals surface area contributed by atoms with Crippen molar-refractivity contribution in [1.29, 1.82) is 0 Å². The molecule has 27 heavy (non-hydrogen) atoms. The van der Waals surface area contributed by atoms with Crippen molar-refractivity contribution in [1.82, 2.24) is 14.6 Å². The molecule has 2 fully saturated rings. The second-order valence-corrected chi connectivity index (χ2v) is 9.54. The van der Waals surface area contributed by atoms with Crippen LogP contribution in [0.1, 0.15) is 24.0 Å². The predicted molar refractivity (Wildman–Crippen MR) is 101 cm³/mol. The molecule has 0 radical (unpaired) electrons. The zero-order valence-corrected chi connectivity index (χ0v) is 16.1. The zero-order valence-electron chi connectivity index (χ0n) is 15.3. The molecule has 1 spiro atoms. The number of sulfonamides is 1. The average molecular weight is 385 g/mol. The van der Waals surface area contributed by atoms with E-state index in [2.05, 4.69) is 10.3 Å². The SMILES string of the molecule is Cc1cccc(S(=O)(=O)N2CCC3(CC3C(=O)NCc3ccncc3)C2)c1. The Hall–Kier alpha value is -2.25. The van der Waals surface area contributed by atoms with Crippen molar-refractivity contribution in [3.63, 3.8) is 0 Å². The number of hydrogen-bond donors (Lipinski definition) is 1. The van der Waals surface area contributed by atoms with Gasteiger partial charge in [-0.15, -0.1) is 0 Å². The average Bonchev–Trinajstić information content (AvgIpc) is 3.19. The summed E-state index contributed by atoms with van der Waals surface area (Å²) in [6.45, 7) is 3.26. The van der Waals surface area contributed by atoms with Crippen molar-refractivity contribution in [2.24, 2.45) is 11.3 Å². The Kier molecular flexibility index (Phi) is 4.52. The number of amides is 1. The highest BCUT2D eigenvalue weighted by Crippen LogP contribution is 2.59. The zero-order chi connectivity index (χ0) is 19.1. The molecular weight excluding hydrogens is 362 g/mol. The predicted octanol–water partition coefficient (Wildman–Crippen LogP) is 2.11. The summed E-state index contributed by atoms with van der Waals surface area (Å²) < 4.78 is 27.4. The van der Waals surface area contributed by atoms with Gasteiger partial charge in [0.05, 0.1) is 4.90 Å². The number of aromatic nitrogens is 1. The summed E-state index contributed by atoms with van der Waals surface area (Å²) >= 11 is 0. The van der Waals surface area contributed by atoms with E-state index in [1.165, 1.54) is 4.31 Å². The summed E-state index contributed by atoms with van der Waals surface area (Å²) in [5.41, 5.74) is 1.73. The maximum atomic E-state index is 12.9. The number of carbonyl (C=O) groups is 1. The molecule has 4 rings (SSSR count). The second-order valence-electron chi connectivity index (χ2n) is 7.60. The van der Waals surface area contributed by atoms with Gasteiger partial charge in [-0.05, 0) is 60.6 Å². The van der Waals surface area contributed by atoms with E-state index in [1.807, 2.05) is 25.1 Å². The van der Waals surface area contributed by atoms with E-state index in [0.29, 0.717) is 24.5 Å². The molecular formula is C20H23N3O3S. The van der Waals surface area contributed by atoms with Crippen molar-refractivity contribution >= 4 is 15.9 Å². The number of hydrogen-bond acceptors (Lipinski definition) is 4. The normalized spacial score (nSPS) is 24.9. The molecule has 1 N–H and O–H groups in total. The molecule has 6 nitrogen and oxygen atoms in total. The molecule has 2 aliphatic rings. The highest BCUT2D eigenvalue weighted by Gasteiger charge is 2.62. The molecule has 142 valence electrons. The van der Waals surface area contributed by atoms with Gasteiger partial charge in [-0.3, -0.25) is 9.78 Å². The van der Waals surface area contributed by atoms with E-state index >= 15 is 0 Å². The van der Waals surface area contributed by atoms with Crippen molar-refractivity contribution in [3.05, 3.63) is 59.9 Å². The number of benzene rings is 1. The van der Waals surface area contributed by atoms with Crippen LogP contribution in [-0.2, 0) is 21.4 Å². The number of carbonyl (C=O) groups excluding carboxylic acids is 1. The Balaban J connectivity index is 1.39.